The third-order valence-electron chi connectivity index (χ3n) is 6.86. The molecule has 0 aliphatic rings. The van der Waals surface area contributed by atoms with Crippen LogP contribution >= 0.6 is 0 Å². The van der Waals surface area contributed by atoms with Crippen molar-refractivity contribution in [1.82, 2.24) is 0 Å². The van der Waals surface area contributed by atoms with E-state index in [4.69, 9.17) is 0 Å². The summed E-state index contributed by atoms with van der Waals surface area (Å²) in [5, 5.41) is 6.28. The van der Waals surface area contributed by atoms with Gasteiger partial charge in [0.05, 0.1) is 0 Å². The maximum absolute atomic E-state index is 2.44. The highest BCUT2D eigenvalue weighted by atomic mass is 29.3. The van der Waals surface area contributed by atoms with Gasteiger partial charge in [-0.1, -0.05) is 168 Å². The summed E-state index contributed by atoms with van der Waals surface area (Å²) in [5.74, 6) is 0. The van der Waals surface area contributed by atoms with Gasteiger partial charge in [-0.2, -0.15) is 0 Å². The summed E-state index contributed by atoms with van der Waals surface area (Å²) >= 11 is 0. The first-order valence-corrected chi connectivity index (χ1v) is 16.4. The molecule has 0 radical (unpaired) electrons. The fraction of sp³-hybridized carbons (Fsp3) is 0.143. The minimum absolute atomic E-state index is 1.20. The van der Waals surface area contributed by atoms with E-state index < -0.39 is 15.2 Å². The summed E-state index contributed by atoms with van der Waals surface area (Å²) in [7, 11) is -4.29. The van der Waals surface area contributed by atoms with E-state index in [1.807, 2.05) is 0 Å². The van der Waals surface area contributed by atoms with Gasteiger partial charge in [-0.3, -0.25) is 0 Å². The number of hydrogen-bond donors (Lipinski definition) is 0. The molecule has 30 heavy (non-hydrogen) atoms. The van der Waals surface area contributed by atoms with Crippen LogP contribution in [-0.4, -0.2) is 15.2 Å². The molecule has 0 amide bonds. The average molecular weight is 423 g/mol. The molecule has 4 aromatic rings. The monoisotopic (exact) mass is 422 g/mol. The SMILES string of the molecule is CC[Si](c1ccccc1)(c1ccccc1)[Si](CC)(c1ccccc1)c1ccccc1. The highest BCUT2D eigenvalue weighted by Gasteiger charge is 2.57. The summed E-state index contributed by atoms with van der Waals surface area (Å²) in [6, 6.07) is 48.2. The Morgan fingerprint density at radius 1 is 0.367 bits per heavy atom. The third-order valence-corrected chi connectivity index (χ3v) is 25.7. The molecule has 4 aromatic carbocycles. The van der Waals surface area contributed by atoms with Crippen molar-refractivity contribution in [3.63, 3.8) is 0 Å². The van der Waals surface area contributed by atoms with Gasteiger partial charge in [0.2, 0.25) is 0 Å². The van der Waals surface area contributed by atoms with E-state index in [1.165, 1.54) is 12.1 Å². The molecule has 0 aliphatic heterocycles. The van der Waals surface area contributed by atoms with E-state index in [0.717, 1.165) is 0 Å². The van der Waals surface area contributed by atoms with Crippen molar-refractivity contribution in [2.45, 2.75) is 25.9 Å². The molecule has 0 aromatic heterocycles. The highest BCUT2D eigenvalue weighted by Crippen LogP contribution is 2.27. The van der Waals surface area contributed by atoms with Crippen molar-refractivity contribution < 1.29 is 0 Å². The molecule has 0 N–H and O–H groups in total. The van der Waals surface area contributed by atoms with Gasteiger partial charge < -0.3 is 0 Å². The Morgan fingerprint density at radius 3 is 0.733 bits per heavy atom. The standard InChI is InChI=1S/C28H30Si2/c1-3-29(25-17-9-5-10-18-25,26-19-11-6-12-20-26)30(4-2,27-21-13-7-14-22-27)28-23-15-8-16-24-28/h5-24H,3-4H2,1-2H3. The molecule has 0 fully saturated rings. The number of rotatable bonds is 7. The predicted molar refractivity (Wildman–Crippen MR) is 137 cm³/mol. The first-order chi connectivity index (χ1) is 14.8. The molecule has 2 heteroatoms. The average Bonchev–Trinajstić information content (AvgIpc) is 2.85. The molecule has 0 bridgehead atoms. The minimum Gasteiger partial charge on any atom is -0.0673 e. The van der Waals surface area contributed by atoms with Crippen LogP contribution in [0, 0.1) is 0 Å². The smallest absolute Gasteiger partial charge is 0.0673 e. The van der Waals surface area contributed by atoms with Crippen molar-refractivity contribution in [2.75, 3.05) is 0 Å². The van der Waals surface area contributed by atoms with E-state index in [2.05, 4.69) is 135 Å². The van der Waals surface area contributed by atoms with E-state index in [1.54, 1.807) is 20.7 Å². The molecule has 0 saturated carbocycles. The predicted octanol–water partition coefficient (Wildman–Crippen LogP) is 4.63. The molecular formula is C28H30Si2. The van der Waals surface area contributed by atoms with E-state index in [-0.39, 0.29) is 0 Å². The van der Waals surface area contributed by atoms with Crippen molar-refractivity contribution in [2.24, 2.45) is 0 Å². The molecule has 0 spiro atoms. The van der Waals surface area contributed by atoms with Crippen LogP contribution in [0.5, 0.6) is 0 Å². The van der Waals surface area contributed by atoms with E-state index in [0.29, 0.717) is 0 Å². The van der Waals surface area contributed by atoms with Gasteiger partial charge in [-0.15, -0.1) is 0 Å². The van der Waals surface area contributed by atoms with Gasteiger partial charge in [-0.25, -0.2) is 0 Å². The Morgan fingerprint density at radius 2 is 0.567 bits per heavy atom. The summed E-state index contributed by atoms with van der Waals surface area (Å²) in [6.45, 7) is 4.88. The molecule has 0 unspecified atom stereocenters. The molecular weight excluding hydrogens is 392 g/mol. The van der Waals surface area contributed by atoms with Crippen LogP contribution in [0.4, 0.5) is 0 Å². The lowest BCUT2D eigenvalue weighted by atomic mass is 10.4. The maximum atomic E-state index is 2.44. The Hall–Kier alpha value is -2.69. The zero-order chi connectivity index (χ0) is 20.9. The lowest BCUT2D eigenvalue weighted by Gasteiger charge is -2.49. The van der Waals surface area contributed by atoms with Gasteiger partial charge in [-0.05, 0) is 0 Å². The zero-order valence-electron chi connectivity index (χ0n) is 18.0. The number of hydrogen-bond acceptors (Lipinski definition) is 0. The van der Waals surface area contributed by atoms with Crippen molar-refractivity contribution in [3.05, 3.63) is 121 Å². The second-order valence-electron chi connectivity index (χ2n) is 7.98. The molecule has 0 saturated heterocycles. The quantitative estimate of drug-likeness (QED) is 0.381. The Labute approximate surface area is 183 Å². The van der Waals surface area contributed by atoms with Gasteiger partial charge in [0, 0.05) is 0 Å². The Bertz CT molecular complexity index is 877. The topological polar surface area (TPSA) is 0 Å². The fourth-order valence-corrected chi connectivity index (χ4v) is 25.7. The Balaban J connectivity index is 2.17. The van der Waals surface area contributed by atoms with Crippen molar-refractivity contribution in [1.29, 1.82) is 0 Å². The van der Waals surface area contributed by atoms with Crippen LogP contribution in [-0.2, 0) is 0 Å². The largest absolute Gasteiger partial charge is 0.121 e. The van der Waals surface area contributed by atoms with Crippen LogP contribution in [0.1, 0.15) is 13.8 Å². The molecule has 0 nitrogen and oxygen atoms in total. The van der Waals surface area contributed by atoms with Gasteiger partial charge >= 0.3 is 0 Å². The lowest BCUT2D eigenvalue weighted by molar-refractivity contribution is 1.37. The number of benzene rings is 4. The van der Waals surface area contributed by atoms with Crippen molar-refractivity contribution >= 4 is 35.9 Å². The van der Waals surface area contributed by atoms with Crippen LogP contribution in [0.15, 0.2) is 121 Å². The van der Waals surface area contributed by atoms with Gasteiger partial charge in [0.25, 0.3) is 0 Å². The summed E-state index contributed by atoms with van der Waals surface area (Å²) < 4.78 is 0. The molecule has 0 aliphatic carbocycles. The zero-order valence-corrected chi connectivity index (χ0v) is 20.0. The first-order valence-electron chi connectivity index (χ1n) is 11.0. The Kier molecular flexibility index (Phi) is 6.17. The fourth-order valence-electron chi connectivity index (χ4n) is 5.63. The third kappa shape index (κ3) is 3.21. The normalized spacial score (nSPS) is 11.9. The van der Waals surface area contributed by atoms with Gasteiger partial charge in [0.1, 0.15) is 15.2 Å². The molecule has 0 heterocycles. The molecule has 150 valence electrons. The van der Waals surface area contributed by atoms with Crippen molar-refractivity contribution in [3.8, 4) is 0 Å². The van der Waals surface area contributed by atoms with Crippen LogP contribution in [0.3, 0.4) is 0 Å². The summed E-state index contributed by atoms with van der Waals surface area (Å²) in [4.78, 5) is 0. The van der Waals surface area contributed by atoms with Gasteiger partial charge in [0.15, 0.2) is 0 Å². The van der Waals surface area contributed by atoms with Crippen LogP contribution in [0.2, 0.25) is 12.1 Å². The summed E-state index contributed by atoms with van der Waals surface area (Å²) in [5.41, 5.74) is 0. The summed E-state index contributed by atoms with van der Waals surface area (Å²) in [6.07, 6.45) is 0. The van der Waals surface area contributed by atoms with Crippen LogP contribution < -0.4 is 20.7 Å². The van der Waals surface area contributed by atoms with E-state index in [9.17, 15) is 0 Å². The molecule has 4 rings (SSSR count). The first kappa shape index (κ1) is 20.6. The highest BCUT2D eigenvalue weighted by molar-refractivity contribution is 7.59. The second kappa shape index (κ2) is 8.99. The van der Waals surface area contributed by atoms with E-state index >= 15 is 0 Å². The maximum Gasteiger partial charge on any atom is 0.121 e. The molecule has 0 atom stereocenters. The second-order valence-corrected chi connectivity index (χ2v) is 20.4. The van der Waals surface area contributed by atoms with Crippen LogP contribution in [0.25, 0.3) is 0 Å². The lowest BCUT2D eigenvalue weighted by Crippen LogP contribution is -2.85. The minimum atomic E-state index is -2.14.